The van der Waals surface area contributed by atoms with Crippen LogP contribution in [-0.4, -0.2) is 20.9 Å². The first kappa shape index (κ1) is 18.2. The molecule has 2 aromatic carbocycles. The van der Waals surface area contributed by atoms with Gasteiger partial charge < -0.3 is 5.32 Å². The van der Waals surface area contributed by atoms with E-state index in [1.165, 1.54) is 6.08 Å². The Morgan fingerprint density at radius 2 is 1.71 bits per heavy atom. The van der Waals surface area contributed by atoms with Gasteiger partial charge in [-0.2, -0.15) is 0 Å². The number of nitrogens with one attached hydrogen (secondary N) is 2. The minimum absolute atomic E-state index is 0.0148. The Hall–Kier alpha value is -2.15. The molecule has 1 amide bonds. The smallest absolute Gasteiger partial charge is 0.233 e. The normalized spacial score (nSPS) is 11.5. The predicted molar refractivity (Wildman–Crippen MR) is 97.1 cm³/mol. The molecule has 0 heterocycles. The summed E-state index contributed by atoms with van der Waals surface area (Å²) in [6.07, 6.45) is 1.52. The van der Waals surface area contributed by atoms with Crippen LogP contribution in [-0.2, 0) is 14.8 Å². The first-order chi connectivity index (χ1) is 11.4. The van der Waals surface area contributed by atoms with E-state index in [4.69, 9.17) is 11.6 Å². The second-order valence-electron chi connectivity index (χ2n) is 4.96. The summed E-state index contributed by atoms with van der Waals surface area (Å²) in [6.45, 7) is 0.0148. The fourth-order valence-electron chi connectivity index (χ4n) is 1.84. The van der Waals surface area contributed by atoms with Gasteiger partial charge in [0.05, 0.1) is 0 Å². The summed E-state index contributed by atoms with van der Waals surface area (Å²) in [5.74, 6) is -0.285. The lowest BCUT2D eigenvalue weighted by Crippen LogP contribution is -2.26. The van der Waals surface area contributed by atoms with Crippen LogP contribution >= 0.6 is 11.6 Å². The molecule has 126 valence electrons. The van der Waals surface area contributed by atoms with Crippen molar-refractivity contribution in [3.63, 3.8) is 0 Å². The molecule has 2 aromatic rings. The molecule has 0 saturated carbocycles. The average Bonchev–Trinajstić information content (AvgIpc) is 2.56. The quantitative estimate of drug-likeness (QED) is 0.791. The molecule has 0 aliphatic rings. The van der Waals surface area contributed by atoms with Crippen molar-refractivity contribution < 1.29 is 13.2 Å². The molecule has 2 rings (SSSR count). The lowest BCUT2D eigenvalue weighted by molar-refractivity contribution is -0.116. The van der Waals surface area contributed by atoms with Crippen molar-refractivity contribution in [2.45, 2.75) is 6.42 Å². The summed E-state index contributed by atoms with van der Waals surface area (Å²) in [5, 5.41) is 4.32. The molecular weight excluding hydrogens is 348 g/mol. The van der Waals surface area contributed by atoms with E-state index in [1.54, 1.807) is 36.4 Å². The lowest BCUT2D eigenvalue weighted by atomic mass is 10.2. The number of hydrogen-bond donors (Lipinski definition) is 2. The molecular formula is C17H17ClN2O3S. The highest BCUT2D eigenvalue weighted by molar-refractivity contribution is 7.92. The first-order valence-corrected chi connectivity index (χ1v) is 9.15. The van der Waals surface area contributed by atoms with Crippen LogP contribution in [0.4, 0.5) is 5.69 Å². The topological polar surface area (TPSA) is 75.3 Å². The molecule has 24 heavy (non-hydrogen) atoms. The largest absolute Gasteiger partial charge is 0.326 e. The van der Waals surface area contributed by atoms with Crippen molar-refractivity contribution >= 4 is 39.3 Å². The van der Waals surface area contributed by atoms with Gasteiger partial charge in [-0.15, -0.1) is 0 Å². The monoisotopic (exact) mass is 364 g/mol. The second-order valence-corrected chi connectivity index (χ2v) is 7.05. The summed E-state index contributed by atoms with van der Waals surface area (Å²) in [6, 6.07) is 15.8. The van der Waals surface area contributed by atoms with E-state index in [1.807, 2.05) is 18.2 Å². The number of anilines is 1. The molecule has 0 bridgehead atoms. The highest BCUT2D eigenvalue weighted by atomic mass is 35.5. The lowest BCUT2D eigenvalue weighted by Gasteiger charge is -2.06. The Morgan fingerprint density at radius 3 is 2.38 bits per heavy atom. The zero-order valence-corrected chi connectivity index (χ0v) is 14.3. The van der Waals surface area contributed by atoms with Crippen LogP contribution in [0.25, 0.3) is 6.08 Å². The summed E-state index contributed by atoms with van der Waals surface area (Å²) < 4.78 is 26.0. The number of hydrogen-bond acceptors (Lipinski definition) is 3. The van der Waals surface area contributed by atoms with Gasteiger partial charge in [0, 0.05) is 29.1 Å². The van der Waals surface area contributed by atoms with E-state index in [9.17, 15) is 13.2 Å². The van der Waals surface area contributed by atoms with E-state index in [0.717, 1.165) is 11.0 Å². The molecule has 0 saturated heterocycles. The van der Waals surface area contributed by atoms with E-state index >= 15 is 0 Å². The van der Waals surface area contributed by atoms with Gasteiger partial charge in [0.1, 0.15) is 0 Å². The Morgan fingerprint density at radius 1 is 1.04 bits per heavy atom. The Bertz CT molecular complexity index is 803. The Labute approximate surface area is 146 Å². The van der Waals surface area contributed by atoms with Crippen molar-refractivity contribution in [3.8, 4) is 0 Å². The number of carbonyl (C=O) groups is 1. The van der Waals surface area contributed by atoms with Crippen LogP contribution in [0, 0.1) is 0 Å². The van der Waals surface area contributed by atoms with Crippen LogP contribution in [0.15, 0.2) is 60.0 Å². The summed E-state index contributed by atoms with van der Waals surface area (Å²) in [5.41, 5.74) is 1.39. The third kappa shape index (κ3) is 6.54. The van der Waals surface area contributed by atoms with Gasteiger partial charge in [-0.05, 0) is 35.9 Å². The van der Waals surface area contributed by atoms with E-state index in [-0.39, 0.29) is 18.9 Å². The summed E-state index contributed by atoms with van der Waals surface area (Å²) >= 11 is 5.76. The van der Waals surface area contributed by atoms with Crippen LogP contribution in [0.3, 0.4) is 0 Å². The zero-order chi connectivity index (χ0) is 17.4. The predicted octanol–water partition coefficient (Wildman–Crippen LogP) is 3.26. The third-order valence-corrected chi connectivity index (χ3v) is 4.38. The molecule has 0 aliphatic carbocycles. The average molecular weight is 365 g/mol. The molecule has 5 nitrogen and oxygen atoms in total. The molecule has 7 heteroatoms. The Balaban J connectivity index is 1.79. The molecule has 0 fully saturated rings. The van der Waals surface area contributed by atoms with Crippen molar-refractivity contribution in [2.24, 2.45) is 0 Å². The number of rotatable bonds is 7. The van der Waals surface area contributed by atoms with Gasteiger partial charge in [0.15, 0.2) is 0 Å². The van der Waals surface area contributed by atoms with Gasteiger partial charge >= 0.3 is 0 Å². The second kappa shape index (κ2) is 8.63. The molecule has 0 spiro atoms. The molecule has 0 aliphatic heterocycles. The molecule has 0 unspecified atom stereocenters. The standard InChI is InChI=1S/C17H17ClN2O3S/c18-15-6-8-16(9-7-15)20-17(21)10-12-19-24(22,23)13-11-14-4-2-1-3-5-14/h1-9,11,13,19H,10,12H2,(H,20,21)/b13-11+. The highest BCUT2D eigenvalue weighted by Crippen LogP contribution is 2.13. The van der Waals surface area contributed by atoms with Crippen molar-refractivity contribution in [3.05, 3.63) is 70.6 Å². The fourth-order valence-corrected chi connectivity index (χ4v) is 2.79. The van der Waals surface area contributed by atoms with E-state index in [2.05, 4.69) is 10.0 Å². The van der Waals surface area contributed by atoms with E-state index in [0.29, 0.717) is 10.7 Å². The third-order valence-electron chi connectivity index (χ3n) is 3.02. The van der Waals surface area contributed by atoms with Crippen molar-refractivity contribution in [1.82, 2.24) is 4.72 Å². The maximum atomic E-state index is 11.8. The molecule has 0 radical (unpaired) electrons. The zero-order valence-electron chi connectivity index (χ0n) is 12.8. The van der Waals surface area contributed by atoms with Crippen molar-refractivity contribution in [1.29, 1.82) is 0 Å². The van der Waals surface area contributed by atoms with Gasteiger partial charge in [-0.3, -0.25) is 4.79 Å². The first-order valence-electron chi connectivity index (χ1n) is 7.23. The highest BCUT2D eigenvalue weighted by Gasteiger charge is 2.07. The van der Waals surface area contributed by atoms with Gasteiger partial charge in [0.25, 0.3) is 0 Å². The minimum Gasteiger partial charge on any atom is -0.326 e. The maximum absolute atomic E-state index is 11.8. The Kier molecular flexibility index (Phi) is 6.54. The minimum atomic E-state index is -3.58. The molecule has 2 N–H and O–H groups in total. The van der Waals surface area contributed by atoms with Gasteiger partial charge in [-0.25, -0.2) is 13.1 Å². The number of amides is 1. The van der Waals surface area contributed by atoms with Crippen LogP contribution in [0.1, 0.15) is 12.0 Å². The summed E-state index contributed by atoms with van der Waals surface area (Å²) in [4.78, 5) is 11.8. The summed E-state index contributed by atoms with van der Waals surface area (Å²) in [7, 11) is -3.58. The van der Waals surface area contributed by atoms with Gasteiger partial charge in [0.2, 0.25) is 15.9 Å². The van der Waals surface area contributed by atoms with Crippen LogP contribution < -0.4 is 10.0 Å². The van der Waals surface area contributed by atoms with Crippen molar-refractivity contribution in [2.75, 3.05) is 11.9 Å². The molecule has 0 atom stereocenters. The number of benzene rings is 2. The molecule has 0 aromatic heterocycles. The number of halogens is 1. The maximum Gasteiger partial charge on any atom is 0.233 e. The van der Waals surface area contributed by atoms with Gasteiger partial charge in [-0.1, -0.05) is 41.9 Å². The SMILES string of the molecule is O=C(CCNS(=O)(=O)/C=C/c1ccccc1)Nc1ccc(Cl)cc1. The van der Waals surface area contributed by atoms with Crippen LogP contribution in [0.5, 0.6) is 0 Å². The number of carbonyl (C=O) groups excluding carboxylic acids is 1. The van der Waals surface area contributed by atoms with Crippen LogP contribution in [0.2, 0.25) is 5.02 Å². The fraction of sp³-hybridized carbons (Fsp3) is 0.118. The van der Waals surface area contributed by atoms with E-state index < -0.39 is 10.0 Å². The number of sulfonamides is 1.